The molecule has 0 saturated carbocycles. The molecule has 2 aromatic rings. The van der Waals surface area contributed by atoms with E-state index in [1.54, 1.807) is 18.2 Å². The zero-order chi connectivity index (χ0) is 40.8. The molecule has 12 N–H and O–H groups in total. The van der Waals surface area contributed by atoms with E-state index in [1.807, 2.05) is 27.7 Å². The second kappa shape index (κ2) is 20.9. The average molecular weight is 786 g/mol. The highest BCUT2D eigenvalue weighted by Gasteiger charge is 2.33. The standard InChI is InChI=1S/C36H55N11O7S/c1-18(2)15-25-33(53)45-24(9-6-7-13-40-28(49)17-26(34(54)46-25)42-20(5)48)32(52)44-23(10-8-14-41-36(38)39)30(50)35-47-22-12-11-21(16-27(22)55-35)43-29(19(3)4)31(37)51/h11-12,16,18-19,23-26,29,43H,6-10,13-15,17H2,1-5H3,(H2,37,51)(H,40,49)(H,42,48)(H,44,52)(H,45,53)(H,46,54)(H4,38,39,41)/t23-,24-,25-,26-,29-/m0/s1. The molecule has 6 amide bonds. The van der Waals surface area contributed by atoms with Crippen molar-refractivity contribution < 1.29 is 33.6 Å². The number of ketones is 1. The lowest BCUT2D eigenvalue weighted by atomic mass is 10.00. The molecule has 1 aliphatic rings. The number of hydrogen-bond acceptors (Lipinski definition) is 11. The summed E-state index contributed by atoms with van der Waals surface area (Å²) < 4.78 is 0.662. The fourth-order valence-corrected chi connectivity index (χ4v) is 6.99. The van der Waals surface area contributed by atoms with Gasteiger partial charge in [-0.2, -0.15) is 0 Å². The molecule has 1 fully saturated rings. The molecule has 1 saturated heterocycles. The number of aliphatic imine (C=N–C) groups is 1. The third-order valence-corrected chi connectivity index (χ3v) is 9.80. The molecule has 5 atom stereocenters. The minimum atomic E-state index is -1.22. The molecule has 1 aromatic heterocycles. The smallest absolute Gasteiger partial charge is 0.243 e. The van der Waals surface area contributed by atoms with Gasteiger partial charge in [0, 0.05) is 25.7 Å². The first-order valence-corrected chi connectivity index (χ1v) is 19.3. The minimum Gasteiger partial charge on any atom is -0.373 e. The number of rotatable bonds is 15. The van der Waals surface area contributed by atoms with E-state index in [0.29, 0.717) is 35.2 Å². The van der Waals surface area contributed by atoms with Crippen molar-refractivity contribution in [2.24, 2.45) is 34.0 Å². The van der Waals surface area contributed by atoms with Crippen molar-refractivity contribution in [2.45, 2.75) is 110 Å². The Hall–Kier alpha value is -5.33. The molecule has 0 bridgehead atoms. The quantitative estimate of drug-likeness (QED) is 0.0507. The number of Topliss-reactive ketones (excluding diaryl/α,β-unsaturated/α-hetero) is 1. The SMILES string of the molecule is CC(=O)N[C@H]1CC(=O)NCCCC[C@@H](C(=O)N[C@@H](CCCN=C(N)N)C(=O)c2nc3ccc(N[C@H](C(N)=O)C(C)C)cc3s2)NC(=O)[C@H](CC(C)C)NC1=O. The molecule has 18 nitrogen and oxygen atoms in total. The predicted octanol–water partition coefficient (Wildman–Crippen LogP) is 0.150. The molecule has 2 heterocycles. The number of nitrogens with two attached hydrogens (primary N) is 3. The van der Waals surface area contributed by atoms with Gasteiger partial charge in [-0.25, -0.2) is 4.98 Å². The number of amides is 6. The summed E-state index contributed by atoms with van der Waals surface area (Å²) in [5.74, 6) is -4.18. The van der Waals surface area contributed by atoms with Gasteiger partial charge in [-0.3, -0.25) is 38.6 Å². The number of nitrogens with one attached hydrogen (secondary N) is 6. The zero-order valence-corrected chi connectivity index (χ0v) is 32.8. The van der Waals surface area contributed by atoms with Crippen LogP contribution < -0.4 is 49.1 Å². The van der Waals surface area contributed by atoms with Gasteiger partial charge in [0.2, 0.25) is 41.2 Å². The van der Waals surface area contributed by atoms with Crippen LogP contribution in [0.3, 0.4) is 0 Å². The molecule has 0 radical (unpaired) electrons. The summed E-state index contributed by atoms with van der Waals surface area (Å²) in [5, 5.41) is 16.7. The van der Waals surface area contributed by atoms with Crippen molar-refractivity contribution in [3.63, 3.8) is 0 Å². The summed E-state index contributed by atoms with van der Waals surface area (Å²) in [5.41, 5.74) is 17.7. The van der Waals surface area contributed by atoms with E-state index in [4.69, 9.17) is 17.2 Å². The van der Waals surface area contributed by atoms with E-state index < -0.39 is 71.4 Å². The van der Waals surface area contributed by atoms with E-state index in [1.165, 1.54) is 6.92 Å². The molecule has 3 rings (SSSR count). The summed E-state index contributed by atoms with van der Waals surface area (Å²) in [7, 11) is 0. The van der Waals surface area contributed by atoms with Gasteiger partial charge in [0.15, 0.2) is 11.0 Å². The number of nitrogens with zero attached hydrogens (tertiary/aromatic N) is 2. The summed E-state index contributed by atoms with van der Waals surface area (Å²) >= 11 is 1.12. The molecule has 0 unspecified atom stereocenters. The number of primary amides is 1. The number of benzene rings is 1. The molecule has 1 aliphatic heterocycles. The van der Waals surface area contributed by atoms with E-state index >= 15 is 0 Å². The average Bonchev–Trinajstić information content (AvgIpc) is 3.52. The summed E-state index contributed by atoms with van der Waals surface area (Å²) in [6.07, 6.45) is 1.38. The van der Waals surface area contributed by atoms with E-state index in [9.17, 15) is 33.6 Å². The van der Waals surface area contributed by atoms with Gasteiger partial charge in [-0.05, 0) is 68.6 Å². The Labute approximate surface area is 324 Å². The van der Waals surface area contributed by atoms with Gasteiger partial charge in [0.1, 0.15) is 24.2 Å². The first-order chi connectivity index (χ1) is 25.9. The van der Waals surface area contributed by atoms with E-state index in [0.717, 1.165) is 11.3 Å². The monoisotopic (exact) mass is 785 g/mol. The van der Waals surface area contributed by atoms with Crippen LogP contribution in [0.5, 0.6) is 0 Å². The topological polar surface area (TPSA) is 295 Å². The Morgan fingerprint density at radius 1 is 1.02 bits per heavy atom. The Morgan fingerprint density at radius 2 is 1.75 bits per heavy atom. The predicted molar refractivity (Wildman–Crippen MR) is 210 cm³/mol. The van der Waals surface area contributed by atoms with Crippen molar-refractivity contribution in [2.75, 3.05) is 18.4 Å². The van der Waals surface area contributed by atoms with Gasteiger partial charge in [0.25, 0.3) is 0 Å². The van der Waals surface area contributed by atoms with Crippen LogP contribution in [0.2, 0.25) is 0 Å². The first kappa shape index (κ1) is 44.1. The molecular formula is C36H55N11O7S. The third kappa shape index (κ3) is 14.1. The van der Waals surface area contributed by atoms with Crippen LogP contribution in [0.25, 0.3) is 10.2 Å². The highest BCUT2D eigenvalue weighted by Crippen LogP contribution is 2.27. The maximum absolute atomic E-state index is 14.1. The van der Waals surface area contributed by atoms with Crippen LogP contribution >= 0.6 is 11.3 Å². The summed E-state index contributed by atoms with van der Waals surface area (Å²) in [6.45, 7) is 9.09. The Bertz CT molecular complexity index is 1740. The lowest BCUT2D eigenvalue weighted by molar-refractivity contribution is -0.135. The van der Waals surface area contributed by atoms with Crippen LogP contribution in [-0.4, -0.2) is 95.5 Å². The number of anilines is 1. The van der Waals surface area contributed by atoms with Crippen molar-refractivity contribution in [1.29, 1.82) is 0 Å². The molecule has 0 aliphatic carbocycles. The van der Waals surface area contributed by atoms with Crippen LogP contribution in [0, 0.1) is 11.8 Å². The zero-order valence-electron chi connectivity index (χ0n) is 32.0. The van der Waals surface area contributed by atoms with Crippen molar-refractivity contribution in [1.82, 2.24) is 31.6 Å². The van der Waals surface area contributed by atoms with Crippen molar-refractivity contribution >= 4 is 74.4 Å². The summed E-state index contributed by atoms with van der Waals surface area (Å²) in [4.78, 5) is 100. The van der Waals surface area contributed by atoms with Crippen LogP contribution in [0.4, 0.5) is 5.69 Å². The van der Waals surface area contributed by atoms with Gasteiger partial charge in [-0.1, -0.05) is 27.7 Å². The van der Waals surface area contributed by atoms with Crippen LogP contribution in [0.1, 0.15) is 89.4 Å². The number of aromatic nitrogens is 1. The second-order valence-corrected chi connectivity index (χ2v) is 15.4. The number of carbonyl (C=O) groups excluding carboxylic acids is 7. The normalized spacial score (nSPS) is 19.6. The lowest BCUT2D eigenvalue weighted by Gasteiger charge is -2.27. The molecule has 302 valence electrons. The molecular weight excluding hydrogens is 731 g/mol. The Morgan fingerprint density at radius 3 is 2.38 bits per heavy atom. The first-order valence-electron chi connectivity index (χ1n) is 18.5. The molecule has 55 heavy (non-hydrogen) atoms. The maximum Gasteiger partial charge on any atom is 0.243 e. The van der Waals surface area contributed by atoms with E-state index in [2.05, 4.69) is 41.9 Å². The Balaban J connectivity index is 1.90. The molecule has 1 aromatic carbocycles. The highest BCUT2D eigenvalue weighted by atomic mass is 32.1. The number of hydrogen-bond donors (Lipinski definition) is 9. The third-order valence-electron chi connectivity index (χ3n) is 8.77. The molecule has 0 spiro atoms. The largest absolute Gasteiger partial charge is 0.373 e. The molecule has 19 heteroatoms. The number of fused-ring (bicyclic) bond motifs is 1. The Kier molecular flexibility index (Phi) is 16.8. The fraction of sp³-hybridized carbons (Fsp3) is 0.583. The van der Waals surface area contributed by atoms with Crippen molar-refractivity contribution in [3.8, 4) is 0 Å². The number of thiazole rings is 1. The summed E-state index contributed by atoms with van der Waals surface area (Å²) in [6, 6.07) is 0.110. The second-order valence-electron chi connectivity index (χ2n) is 14.4. The van der Waals surface area contributed by atoms with Crippen LogP contribution in [-0.2, 0) is 28.8 Å². The minimum absolute atomic E-state index is 0.0580. The van der Waals surface area contributed by atoms with Gasteiger partial charge in [0.05, 0.1) is 22.7 Å². The van der Waals surface area contributed by atoms with E-state index in [-0.39, 0.29) is 61.6 Å². The van der Waals surface area contributed by atoms with Crippen molar-refractivity contribution in [3.05, 3.63) is 23.2 Å². The maximum atomic E-state index is 14.1. The number of carbonyl (C=O) groups is 7. The fourth-order valence-electron chi connectivity index (χ4n) is 5.99. The number of guanidine groups is 1. The van der Waals surface area contributed by atoms with Gasteiger partial charge in [-0.15, -0.1) is 11.3 Å². The van der Waals surface area contributed by atoms with Crippen LogP contribution in [0.15, 0.2) is 23.2 Å². The lowest BCUT2D eigenvalue weighted by Crippen LogP contribution is -2.58. The highest BCUT2D eigenvalue weighted by molar-refractivity contribution is 7.20. The van der Waals surface area contributed by atoms with Gasteiger partial charge < -0.3 is 49.1 Å². The van der Waals surface area contributed by atoms with Gasteiger partial charge >= 0.3 is 0 Å².